The van der Waals surface area contributed by atoms with Crippen molar-refractivity contribution in [1.29, 1.82) is 0 Å². The Kier molecular flexibility index (Phi) is 4.43. The zero-order valence-corrected chi connectivity index (χ0v) is 10.7. The number of rotatable bonds is 2. The second-order valence-corrected chi connectivity index (χ2v) is 4.04. The summed E-state index contributed by atoms with van der Waals surface area (Å²) in [6, 6.07) is 2.79. The number of hydrogen-bond donors (Lipinski definition) is 1. The highest BCUT2D eigenvalue weighted by molar-refractivity contribution is 14.1. The minimum Gasteiger partial charge on any atom is -0.324 e. The highest BCUT2D eigenvalue weighted by atomic mass is 127. The molecule has 0 aliphatic rings. The van der Waals surface area contributed by atoms with Gasteiger partial charge in [0.2, 0.25) is 5.91 Å². The minimum atomic E-state index is -4.44. The summed E-state index contributed by atoms with van der Waals surface area (Å²) in [5, 5.41) is 2.26. The lowest BCUT2D eigenvalue weighted by Gasteiger charge is -2.10. The number of carbonyl (C=O) groups is 1. The topological polar surface area (TPSA) is 29.1 Å². The molecular weight excluding hydrogens is 357 g/mol. The first-order valence-electron chi connectivity index (χ1n) is 4.07. The first kappa shape index (κ1) is 13.6. The number of halogens is 5. The van der Waals surface area contributed by atoms with Gasteiger partial charge in [0.25, 0.3) is 0 Å². The van der Waals surface area contributed by atoms with E-state index in [0.29, 0.717) is 0 Å². The quantitative estimate of drug-likeness (QED) is 0.630. The first-order chi connectivity index (χ1) is 7.34. The van der Waals surface area contributed by atoms with Gasteiger partial charge in [0, 0.05) is 0 Å². The van der Waals surface area contributed by atoms with Gasteiger partial charge >= 0.3 is 6.18 Å². The smallest absolute Gasteiger partial charge is 0.324 e. The number of nitrogens with one attached hydrogen (secondary N) is 1. The fraction of sp³-hybridized carbons (Fsp3) is 0.222. The van der Waals surface area contributed by atoms with Gasteiger partial charge in [-0.3, -0.25) is 4.79 Å². The molecule has 88 valence electrons. The van der Waals surface area contributed by atoms with E-state index in [1.54, 1.807) is 0 Å². The van der Waals surface area contributed by atoms with Crippen LogP contribution in [0.2, 0.25) is 5.02 Å². The predicted molar refractivity (Wildman–Crippen MR) is 64.0 cm³/mol. The third-order valence-corrected chi connectivity index (χ3v) is 2.70. The second-order valence-electron chi connectivity index (χ2n) is 2.87. The van der Waals surface area contributed by atoms with Gasteiger partial charge in [0.05, 0.1) is 20.7 Å². The number of hydrogen-bond acceptors (Lipinski definition) is 1. The lowest BCUT2D eigenvalue weighted by Crippen LogP contribution is -2.13. The van der Waals surface area contributed by atoms with Crippen molar-refractivity contribution < 1.29 is 18.0 Å². The summed E-state index contributed by atoms with van der Waals surface area (Å²) >= 11 is 7.46. The van der Waals surface area contributed by atoms with Crippen LogP contribution in [0.3, 0.4) is 0 Å². The molecule has 0 radical (unpaired) electrons. The van der Waals surface area contributed by atoms with Crippen LogP contribution >= 0.6 is 34.2 Å². The van der Waals surface area contributed by atoms with E-state index in [4.69, 9.17) is 11.6 Å². The van der Waals surface area contributed by atoms with Crippen molar-refractivity contribution in [3.8, 4) is 0 Å². The Morgan fingerprint density at radius 3 is 2.50 bits per heavy atom. The van der Waals surface area contributed by atoms with Gasteiger partial charge in [-0.15, -0.1) is 0 Å². The Bertz CT molecular complexity index is 408. The molecule has 0 aliphatic heterocycles. The molecule has 0 spiro atoms. The fourth-order valence-corrected chi connectivity index (χ4v) is 1.39. The van der Waals surface area contributed by atoms with Crippen LogP contribution in [-0.4, -0.2) is 10.3 Å². The van der Waals surface area contributed by atoms with Crippen LogP contribution in [0.15, 0.2) is 18.2 Å². The monoisotopic (exact) mass is 363 g/mol. The average molecular weight is 364 g/mol. The van der Waals surface area contributed by atoms with Crippen LogP contribution in [0.4, 0.5) is 18.9 Å². The van der Waals surface area contributed by atoms with E-state index in [9.17, 15) is 18.0 Å². The highest BCUT2D eigenvalue weighted by Gasteiger charge is 2.30. The molecule has 1 N–H and O–H groups in total. The summed E-state index contributed by atoms with van der Waals surface area (Å²) in [4.78, 5) is 11.0. The van der Waals surface area contributed by atoms with Crippen molar-refractivity contribution in [2.45, 2.75) is 6.18 Å². The van der Waals surface area contributed by atoms with Gasteiger partial charge in [0.1, 0.15) is 0 Å². The zero-order valence-electron chi connectivity index (χ0n) is 7.74. The van der Waals surface area contributed by atoms with Crippen LogP contribution in [0.25, 0.3) is 0 Å². The summed E-state index contributed by atoms with van der Waals surface area (Å²) in [5.74, 6) is -0.317. The average Bonchev–Trinajstić information content (AvgIpc) is 2.19. The van der Waals surface area contributed by atoms with E-state index < -0.39 is 11.7 Å². The maximum absolute atomic E-state index is 12.3. The van der Waals surface area contributed by atoms with Crippen molar-refractivity contribution in [3.05, 3.63) is 28.8 Å². The second kappa shape index (κ2) is 5.22. The van der Waals surface area contributed by atoms with E-state index in [1.807, 2.05) is 22.6 Å². The molecule has 1 aromatic carbocycles. The number of alkyl halides is 4. The normalized spacial score (nSPS) is 11.3. The van der Waals surface area contributed by atoms with Crippen LogP contribution in [0.1, 0.15) is 5.56 Å². The Morgan fingerprint density at radius 2 is 2.06 bits per heavy atom. The molecule has 0 atom stereocenters. The van der Waals surface area contributed by atoms with Crippen molar-refractivity contribution in [3.63, 3.8) is 0 Å². The molecule has 0 unspecified atom stereocenters. The third-order valence-electron chi connectivity index (χ3n) is 1.69. The third kappa shape index (κ3) is 3.51. The zero-order chi connectivity index (χ0) is 12.3. The fourth-order valence-electron chi connectivity index (χ4n) is 0.976. The Morgan fingerprint density at radius 1 is 1.44 bits per heavy atom. The summed E-state index contributed by atoms with van der Waals surface area (Å²) in [6.07, 6.45) is -4.44. The molecular formula is C9H6ClF3INO. The van der Waals surface area contributed by atoms with Gasteiger partial charge in [-0.1, -0.05) is 34.2 Å². The summed E-state index contributed by atoms with van der Waals surface area (Å²) in [5.41, 5.74) is -0.665. The molecule has 0 saturated heterocycles. The van der Waals surface area contributed by atoms with Gasteiger partial charge in [0.15, 0.2) is 0 Å². The van der Waals surface area contributed by atoms with Gasteiger partial charge in [-0.2, -0.15) is 13.2 Å². The van der Waals surface area contributed by atoms with Gasteiger partial charge in [-0.25, -0.2) is 0 Å². The molecule has 0 saturated carbocycles. The maximum atomic E-state index is 12.3. The molecule has 0 aliphatic carbocycles. The number of anilines is 1. The van der Waals surface area contributed by atoms with Crippen LogP contribution in [-0.2, 0) is 11.0 Å². The molecule has 1 amide bonds. The Hall–Kier alpha value is -0.500. The number of carbonyl (C=O) groups excluding carboxylic acids is 1. The van der Waals surface area contributed by atoms with Crippen LogP contribution in [0.5, 0.6) is 0 Å². The molecule has 1 rings (SSSR count). The van der Waals surface area contributed by atoms with E-state index in [2.05, 4.69) is 5.32 Å². The molecule has 0 bridgehead atoms. The summed E-state index contributed by atoms with van der Waals surface area (Å²) in [7, 11) is 0. The van der Waals surface area contributed by atoms with Crippen LogP contribution < -0.4 is 5.32 Å². The molecule has 0 heterocycles. The Labute approximate surface area is 108 Å². The van der Waals surface area contributed by atoms with E-state index in [-0.39, 0.29) is 21.0 Å². The van der Waals surface area contributed by atoms with E-state index >= 15 is 0 Å². The predicted octanol–water partition coefficient (Wildman–Crippen LogP) is 3.73. The van der Waals surface area contributed by atoms with Crippen molar-refractivity contribution in [1.82, 2.24) is 0 Å². The van der Waals surface area contributed by atoms with Crippen molar-refractivity contribution >= 4 is 45.8 Å². The SMILES string of the molecule is O=C(CI)Nc1ccc(C(F)(F)F)cc1Cl. The first-order valence-corrected chi connectivity index (χ1v) is 5.97. The van der Waals surface area contributed by atoms with Crippen LogP contribution in [0, 0.1) is 0 Å². The molecule has 16 heavy (non-hydrogen) atoms. The van der Waals surface area contributed by atoms with E-state index in [0.717, 1.165) is 18.2 Å². The maximum Gasteiger partial charge on any atom is 0.416 e. The number of amides is 1. The molecule has 0 aromatic heterocycles. The lowest BCUT2D eigenvalue weighted by atomic mass is 10.2. The Balaban J connectivity index is 2.96. The molecule has 7 heteroatoms. The minimum absolute atomic E-state index is 0.131. The molecule has 1 aromatic rings. The highest BCUT2D eigenvalue weighted by Crippen LogP contribution is 2.33. The van der Waals surface area contributed by atoms with Gasteiger partial charge < -0.3 is 5.32 Å². The molecule has 0 fully saturated rings. The van der Waals surface area contributed by atoms with Crippen molar-refractivity contribution in [2.75, 3.05) is 9.74 Å². The summed E-state index contributed by atoms with van der Waals surface area (Å²) in [6.45, 7) is 0. The standard InChI is InChI=1S/C9H6ClF3INO/c10-6-3-5(9(11,12)13)1-2-7(6)15-8(16)4-14/h1-3H,4H2,(H,15,16). The largest absolute Gasteiger partial charge is 0.416 e. The van der Waals surface area contributed by atoms with Crippen molar-refractivity contribution in [2.24, 2.45) is 0 Å². The summed E-state index contributed by atoms with van der Waals surface area (Å²) < 4.78 is 37.0. The lowest BCUT2D eigenvalue weighted by molar-refractivity contribution is -0.137. The van der Waals surface area contributed by atoms with E-state index in [1.165, 1.54) is 0 Å². The van der Waals surface area contributed by atoms with Gasteiger partial charge in [-0.05, 0) is 18.2 Å². The number of benzene rings is 1. The molecule has 2 nitrogen and oxygen atoms in total.